The molecule has 1 aromatic rings. The van der Waals surface area contributed by atoms with Crippen LogP contribution in [-0.4, -0.2) is 13.2 Å². The van der Waals surface area contributed by atoms with E-state index in [-0.39, 0.29) is 11.5 Å². The van der Waals surface area contributed by atoms with Gasteiger partial charge in [-0.15, -0.1) is 0 Å². The number of methoxy groups -OCH3 is 1. The maximum Gasteiger partial charge on any atom is 0.287 e. The van der Waals surface area contributed by atoms with Crippen LogP contribution in [0.2, 0.25) is 0 Å². The Kier molecular flexibility index (Phi) is 4.32. The molecule has 0 aromatic heterocycles. The van der Waals surface area contributed by atoms with E-state index in [1.165, 1.54) is 13.0 Å². The molecule has 0 bridgehead atoms. The van der Waals surface area contributed by atoms with E-state index in [2.05, 4.69) is 0 Å². The van der Waals surface area contributed by atoms with E-state index in [4.69, 9.17) is 10.5 Å². The molecule has 2 N–H and O–H groups in total. The molecule has 1 aromatic carbocycles. The largest absolute Gasteiger partial charge is 0.496 e. The smallest absolute Gasteiger partial charge is 0.287 e. The normalized spacial score (nSPS) is 13.8. The van der Waals surface area contributed by atoms with Gasteiger partial charge in [0, 0.05) is 5.56 Å². The molecule has 1 unspecified atom stereocenters. The summed E-state index contributed by atoms with van der Waals surface area (Å²) in [6, 6.07) is 1.95. The summed E-state index contributed by atoms with van der Waals surface area (Å²) >= 11 is 0. The number of hydrogen-bond donors (Lipinski definition) is 1. The molecular weight excluding hydrogens is 236 g/mol. The van der Waals surface area contributed by atoms with E-state index in [9.17, 15) is 8.78 Å². The molecule has 2 nitrogen and oxygen atoms in total. The van der Waals surface area contributed by atoms with Gasteiger partial charge in [-0.3, -0.25) is 0 Å². The molecule has 0 saturated carbocycles. The van der Waals surface area contributed by atoms with Crippen molar-refractivity contribution in [2.24, 2.45) is 5.73 Å². The van der Waals surface area contributed by atoms with Gasteiger partial charge >= 0.3 is 0 Å². The second kappa shape index (κ2) is 5.22. The average Bonchev–Trinajstić information content (AvgIpc) is 2.27. The van der Waals surface area contributed by atoms with Crippen LogP contribution in [0.25, 0.3) is 0 Å². The van der Waals surface area contributed by atoms with Gasteiger partial charge in [0.25, 0.3) is 5.92 Å². The third-order valence-electron chi connectivity index (χ3n) is 3.13. The Hall–Kier alpha value is -1.16. The summed E-state index contributed by atoms with van der Waals surface area (Å²) in [7, 11) is 1.55. The molecule has 0 heterocycles. The first-order chi connectivity index (χ1) is 8.21. The van der Waals surface area contributed by atoms with Crippen molar-refractivity contribution in [1.82, 2.24) is 0 Å². The summed E-state index contributed by atoms with van der Waals surface area (Å²) in [4.78, 5) is 0. The number of ether oxygens (including phenoxy) is 1. The summed E-state index contributed by atoms with van der Waals surface area (Å²) in [5, 5.41) is 0. The zero-order valence-electron chi connectivity index (χ0n) is 11.6. The van der Waals surface area contributed by atoms with Crippen molar-refractivity contribution in [2.45, 2.75) is 45.6 Å². The van der Waals surface area contributed by atoms with Crippen molar-refractivity contribution in [3.8, 4) is 5.75 Å². The lowest BCUT2D eigenvalue weighted by atomic mass is 9.91. The lowest BCUT2D eigenvalue weighted by Gasteiger charge is -2.25. The first-order valence-corrected chi connectivity index (χ1v) is 6.04. The zero-order chi connectivity index (χ0) is 14.1. The van der Waals surface area contributed by atoms with Crippen LogP contribution in [0.1, 0.15) is 43.4 Å². The zero-order valence-corrected chi connectivity index (χ0v) is 11.6. The quantitative estimate of drug-likeness (QED) is 0.895. The summed E-state index contributed by atoms with van der Waals surface area (Å²) in [5.74, 6) is -2.27. The fourth-order valence-corrected chi connectivity index (χ4v) is 1.93. The number of benzene rings is 1. The third kappa shape index (κ3) is 2.64. The van der Waals surface area contributed by atoms with E-state index < -0.39 is 12.0 Å². The Labute approximate surface area is 107 Å². The molecule has 0 aliphatic rings. The van der Waals surface area contributed by atoms with Crippen molar-refractivity contribution >= 4 is 0 Å². The molecule has 18 heavy (non-hydrogen) atoms. The Balaban J connectivity index is 3.43. The van der Waals surface area contributed by atoms with Crippen LogP contribution in [0, 0.1) is 6.92 Å². The van der Waals surface area contributed by atoms with Gasteiger partial charge in [0.2, 0.25) is 0 Å². The Bertz CT molecular complexity index is 428. The SMILES string of the molecule is COc1cc(C)c(C(F)(F)C(C)N)cc1C(C)C. The van der Waals surface area contributed by atoms with Gasteiger partial charge in [0.05, 0.1) is 13.2 Å². The highest BCUT2D eigenvalue weighted by atomic mass is 19.3. The Morgan fingerprint density at radius 3 is 2.17 bits per heavy atom. The van der Waals surface area contributed by atoms with Crippen molar-refractivity contribution in [3.05, 3.63) is 28.8 Å². The maximum atomic E-state index is 14.1. The van der Waals surface area contributed by atoms with Crippen LogP contribution in [-0.2, 0) is 5.92 Å². The molecule has 0 aliphatic carbocycles. The van der Waals surface area contributed by atoms with Crippen LogP contribution < -0.4 is 10.5 Å². The summed E-state index contributed by atoms with van der Waals surface area (Å²) in [6.07, 6.45) is 0. The molecule has 4 heteroatoms. The number of alkyl halides is 2. The van der Waals surface area contributed by atoms with E-state index in [1.807, 2.05) is 13.8 Å². The number of halogens is 2. The first kappa shape index (κ1) is 14.9. The topological polar surface area (TPSA) is 35.2 Å². The summed E-state index contributed by atoms with van der Waals surface area (Å²) in [5.41, 5.74) is 6.65. The molecular formula is C14H21F2NO. The van der Waals surface area contributed by atoms with E-state index in [0.717, 1.165) is 5.56 Å². The molecule has 0 amide bonds. The van der Waals surface area contributed by atoms with Crippen molar-refractivity contribution in [3.63, 3.8) is 0 Å². The number of aryl methyl sites for hydroxylation is 1. The predicted molar refractivity (Wildman–Crippen MR) is 69.4 cm³/mol. The maximum absolute atomic E-state index is 14.1. The van der Waals surface area contributed by atoms with Crippen LogP contribution in [0.4, 0.5) is 8.78 Å². The van der Waals surface area contributed by atoms with E-state index in [1.54, 1.807) is 20.1 Å². The summed E-state index contributed by atoms with van der Waals surface area (Å²) < 4.78 is 33.3. The van der Waals surface area contributed by atoms with Crippen molar-refractivity contribution < 1.29 is 13.5 Å². The second-order valence-corrected chi connectivity index (χ2v) is 4.98. The Morgan fingerprint density at radius 2 is 1.78 bits per heavy atom. The highest BCUT2D eigenvalue weighted by molar-refractivity contribution is 5.45. The van der Waals surface area contributed by atoms with Crippen LogP contribution in [0.3, 0.4) is 0 Å². The van der Waals surface area contributed by atoms with Crippen LogP contribution in [0.5, 0.6) is 5.75 Å². The van der Waals surface area contributed by atoms with Crippen LogP contribution in [0.15, 0.2) is 12.1 Å². The monoisotopic (exact) mass is 257 g/mol. The molecule has 0 aliphatic heterocycles. The molecule has 102 valence electrons. The highest BCUT2D eigenvalue weighted by Crippen LogP contribution is 2.38. The molecule has 0 saturated heterocycles. The van der Waals surface area contributed by atoms with Crippen molar-refractivity contribution in [1.29, 1.82) is 0 Å². The van der Waals surface area contributed by atoms with Gasteiger partial charge in [0.15, 0.2) is 0 Å². The summed E-state index contributed by atoms with van der Waals surface area (Å²) in [6.45, 7) is 6.86. The predicted octanol–water partition coefficient (Wildman–Crippen LogP) is 3.57. The Morgan fingerprint density at radius 1 is 1.22 bits per heavy atom. The minimum absolute atomic E-state index is 0.0120. The first-order valence-electron chi connectivity index (χ1n) is 6.04. The van der Waals surface area contributed by atoms with Gasteiger partial charge in [-0.1, -0.05) is 13.8 Å². The molecule has 1 atom stereocenters. The van der Waals surface area contributed by atoms with Gasteiger partial charge < -0.3 is 10.5 Å². The molecule has 1 rings (SSSR count). The molecule has 0 radical (unpaired) electrons. The number of nitrogens with two attached hydrogens (primary N) is 1. The minimum Gasteiger partial charge on any atom is -0.496 e. The van der Waals surface area contributed by atoms with E-state index in [0.29, 0.717) is 11.3 Å². The average molecular weight is 257 g/mol. The standard InChI is InChI=1S/C14H21F2NO/c1-8(2)11-7-12(14(15,16)10(4)17)9(3)6-13(11)18-5/h6-8,10H,17H2,1-5H3. The van der Waals surface area contributed by atoms with Gasteiger partial charge in [-0.25, -0.2) is 0 Å². The number of rotatable bonds is 4. The lowest BCUT2D eigenvalue weighted by Crippen LogP contribution is -2.36. The highest BCUT2D eigenvalue weighted by Gasteiger charge is 2.38. The van der Waals surface area contributed by atoms with E-state index >= 15 is 0 Å². The number of hydrogen-bond acceptors (Lipinski definition) is 2. The molecule has 0 spiro atoms. The lowest BCUT2D eigenvalue weighted by molar-refractivity contribution is -0.0263. The third-order valence-corrected chi connectivity index (χ3v) is 3.13. The van der Waals surface area contributed by atoms with Gasteiger partial charge in [-0.2, -0.15) is 8.78 Å². The molecule has 0 fully saturated rings. The minimum atomic E-state index is -3.03. The fourth-order valence-electron chi connectivity index (χ4n) is 1.93. The fraction of sp³-hybridized carbons (Fsp3) is 0.571. The van der Waals surface area contributed by atoms with Crippen molar-refractivity contribution in [2.75, 3.05) is 7.11 Å². The second-order valence-electron chi connectivity index (χ2n) is 4.98. The van der Waals surface area contributed by atoms with Gasteiger partial charge in [-0.05, 0) is 43.0 Å². The van der Waals surface area contributed by atoms with Gasteiger partial charge in [0.1, 0.15) is 5.75 Å². The van der Waals surface area contributed by atoms with Crippen LogP contribution >= 0.6 is 0 Å².